The number of hydrogen-bond acceptors (Lipinski definition) is 6. The number of benzene rings is 2. The Bertz CT molecular complexity index is 1400. The number of nitro benzene ring substituents is 1. The van der Waals surface area contributed by atoms with Crippen LogP contribution in [0.1, 0.15) is 33.0 Å². The minimum Gasteiger partial charge on any atom is -0.323 e. The normalized spacial score (nSPS) is 23.5. The van der Waals surface area contributed by atoms with E-state index in [1.54, 1.807) is 24.1 Å². The number of likely N-dealkylation sites (tertiary alicyclic amines) is 1. The van der Waals surface area contributed by atoms with Crippen molar-refractivity contribution in [3.8, 4) is 0 Å². The van der Waals surface area contributed by atoms with E-state index in [-0.39, 0.29) is 29.0 Å². The molecule has 2 aliphatic rings. The quantitative estimate of drug-likeness (QED) is 0.327. The number of fused-ring (bicyclic) bond motifs is 2. The molecular weight excluding hydrogens is 477 g/mol. The topological polar surface area (TPSA) is 105 Å². The van der Waals surface area contributed by atoms with Crippen molar-refractivity contribution in [1.29, 1.82) is 0 Å². The Morgan fingerprint density at radius 2 is 1.94 bits per heavy atom. The van der Waals surface area contributed by atoms with Crippen LogP contribution in [0, 0.1) is 16.0 Å². The molecule has 1 aromatic heterocycles. The Morgan fingerprint density at radius 3 is 2.61 bits per heavy atom. The lowest BCUT2D eigenvalue weighted by molar-refractivity contribution is -0.384. The summed E-state index contributed by atoms with van der Waals surface area (Å²) < 4.78 is 41.5. The fourth-order valence-electron chi connectivity index (χ4n) is 5.56. The minimum absolute atomic E-state index is 0.0417. The Labute approximate surface area is 202 Å². The summed E-state index contributed by atoms with van der Waals surface area (Å²) in [6.45, 7) is 0.0982. The predicted molar refractivity (Wildman–Crippen MR) is 122 cm³/mol. The number of likely N-dealkylation sites (N-methyl/N-ethyl adjacent to an activating group) is 1. The molecule has 5 rings (SSSR count). The molecule has 1 spiro atoms. The number of aromatic nitrogens is 1. The summed E-state index contributed by atoms with van der Waals surface area (Å²) >= 11 is 0. The first-order valence-electron chi connectivity index (χ1n) is 11.0. The van der Waals surface area contributed by atoms with Gasteiger partial charge in [0.15, 0.2) is 5.78 Å². The van der Waals surface area contributed by atoms with Crippen molar-refractivity contribution in [3.63, 3.8) is 0 Å². The summed E-state index contributed by atoms with van der Waals surface area (Å²) in [7, 11) is 1.57. The van der Waals surface area contributed by atoms with Crippen molar-refractivity contribution >= 4 is 23.1 Å². The zero-order valence-corrected chi connectivity index (χ0v) is 18.8. The van der Waals surface area contributed by atoms with Crippen molar-refractivity contribution in [2.45, 2.75) is 17.6 Å². The molecular formula is C25H19F3N4O4. The van der Waals surface area contributed by atoms with Crippen LogP contribution in [0.2, 0.25) is 0 Å². The maximum atomic E-state index is 14.0. The van der Waals surface area contributed by atoms with E-state index in [1.807, 2.05) is 0 Å². The number of nitrogens with zero attached hydrogens (tertiary/aromatic N) is 3. The second-order valence-corrected chi connectivity index (χ2v) is 8.87. The fourth-order valence-corrected chi connectivity index (χ4v) is 5.56. The fraction of sp³-hybridized carbons (Fsp3) is 0.240. The van der Waals surface area contributed by atoms with Crippen LogP contribution < -0.4 is 5.32 Å². The molecule has 0 bridgehead atoms. The van der Waals surface area contributed by atoms with Crippen molar-refractivity contribution in [1.82, 2.24) is 9.88 Å². The molecule has 2 aromatic carbocycles. The highest BCUT2D eigenvalue weighted by atomic mass is 19.4. The smallest absolute Gasteiger partial charge is 0.323 e. The molecule has 0 radical (unpaired) electrons. The zero-order chi connectivity index (χ0) is 25.8. The maximum absolute atomic E-state index is 14.0. The second kappa shape index (κ2) is 8.23. The Kier molecular flexibility index (Phi) is 5.40. The van der Waals surface area contributed by atoms with Gasteiger partial charge in [0.05, 0.1) is 22.1 Å². The monoisotopic (exact) mass is 496 g/mol. The molecule has 1 N–H and O–H groups in total. The number of para-hydroxylation sites is 1. The molecule has 184 valence electrons. The van der Waals surface area contributed by atoms with Crippen LogP contribution in [0.4, 0.5) is 24.5 Å². The number of non-ortho nitro benzene ring substituents is 1. The Morgan fingerprint density at radius 1 is 1.19 bits per heavy atom. The van der Waals surface area contributed by atoms with Crippen molar-refractivity contribution in [2.24, 2.45) is 5.92 Å². The van der Waals surface area contributed by atoms with Gasteiger partial charge in [-0.2, -0.15) is 13.2 Å². The third kappa shape index (κ3) is 3.38. The van der Waals surface area contributed by atoms with Crippen LogP contribution in [-0.2, 0) is 16.5 Å². The summed E-state index contributed by atoms with van der Waals surface area (Å²) in [6, 6.07) is 12.3. The number of nitrogens with one attached hydrogen (secondary N) is 1. The van der Waals surface area contributed by atoms with Gasteiger partial charge in [-0.1, -0.05) is 24.3 Å². The number of carbonyl (C=O) groups excluding carboxylic acids is 2. The van der Waals surface area contributed by atoms with Gasteiger partial charge < -0.3 is 5.32 Å². The molecule has 36 heavy (non-hydrogen) atoms. The number of carbonyl (C=O) groups is 2. The van der Waals surface area contributed by atoms with Gasteiger partial charge in [0.25, 0.3) is 5.69 Å². The van der Waals surface area contributed by atoms with Crippen LogP contribution in [0.15, 0.2) is 67.0 Å². The molecule has 8 nitrogen and oxygen atoms in total. The van der Waals surface area contributed by atoms with Gasteiger partial charge in [0, 0.05) is 48.1 Å². The molecule has 1 fully saturated rings. The first-order chi connectivity index (χ1) is 17.1. The summed E-state index contributed by atoms with van der Waals surface area (Å²) in [6.07, 6.45) is -1.93. The maximum Gasteiger partial charge on any atom is 0.418 e. The number of amides is 1. The molecule has 3 atom stereocenters. The van der Waals surface area contributed by atoms with Gasteiger partial charge in [0.2, 0.25) is 5.91 Å². The minimum atomic E-state index is -4.73. The number of alkyl halides is 3. The van der Waals surface area contributed by atoms with Gasteiger partial charge >= 0.3 is 6.18 Å². The largest absolute Gasteiger partial charge is 0.418 e. The van der Waals surface area contributed by atoms with E-state index in [2.05, 4.69) is 10.3 Å². The first-order valence-corrected chi connectivity index (χ1v) is 11.0. The highest BCUT2D eigenvalue weighted by Gasteiger charge is 2.65. The molecule has 1 unspecified atom stereocenters. The van der Waals surface area contributed by atoms with Crippen molar-refractivity contribution in [2.75, 3.05) is 18.9 Å². The van der Waals surface area contributed by atoms with E-state index in [0.29, 0.717) is 5.56 Å². The molecule has 3 aromatic rings. The van der Waals surface area contributed by atoms with Crippen LogP contribution in [0.5, 0.6) is 0 Å². The van der Waals surface area contributed by atoms with E-state index in [4.69, 9.17) is 0 Å². The average molecular weight is 496 g/mol. The number of ketones is 1. The van der Waals surface area contributed by atoms with E-state index in [1.165, 1.54) is 48.8 Å². The zero-order valence-electron chi connectivity index (χ0n) is 18.8. The first kappa shape index (κ1) is 23.6. The molecule has 2 aliphatic heterocycles. The summed E-state index contributed by atoms with van der Waals surface area (Å²) in [5, 5.41) is 13.8. The molecule has 0 aliphatic carbocycles. The van der Waals surface area contributed by atoms with Crippen LogP contribution in [-0.4, -0.2) is 40.1 Å². The number of Topliss-reactive ketones (excluding diaryl/α,β-unsaturated/α-hetero) is 1. The van der Waals surface area contributed by atoms with Crippen LogP contribution in [0.3, 0.4) is 0 Å². The number of anilines is 1. The lowest BCUT2D eigenvalue weighted by Crippen LogP contribution is -2.51. The lowest BCUT2D eigenvalue weighted by atomic mass is 9.70. The van der Waals surface area contributed by atoms with Gasteiger partial charge in [-0.15, -0.1) is 0 Å². The van der Waals surface area contributed by atoms with Crippen molar-refractivity contribution < 1.29 is 27.7 Å². The van der Waals surface area contributed by atoms with E-state index in [9.17, 15) is 32.9 Å². The third-order valence-electron chi connectivity index (χ3n) is 7.03. The number of halogens is 3. The van der Waals surface area contributed by atoms with E-state index >= 15 is 0 Å². The molecule has 1 amide bonds. The summed E-state index contributed by atoms with van der Waals surface area (Å²) in [4.78, 5) is 44.0. The lowest BCUT2D eigenvalue weighted by Gasteiger charge is -2.35. The molecule has 0 saturated carbocycles. The van der Waals surface area contributed by atoms with Crippen molar-refractivity contribution in [3.05, 3.63) is 99.4 Å². The molecule has 11 heteroatoms. The predicted octanol–water partition coefficient (Wildman–Crippen LogP) is 4.38. The van der Waals surface area contributed by atoms with Crippen LogP contribution >= 0.6 is 0 Å². The number of pyridine rings is 1. The Hall–Kier alpha value is -4.12. The number of nitro groups is 1. The van der Waals surface area contributed by atoms with E-state index < -0.39 is 45.7 Å². The molecule has 3 heterocycles. The van der Waals surface area contributed by atoms with Gasteiger partial charge in [-0.05, 0) is 30.8 Å². The van der Waals surface area contributed by atoms with Gasteiger partial charge in [-0.25, -0.2) is 0 Å². The second-order valence-electron chi connectivity index (χ2n) is 8.87. The molecule has 1 saturated heterocycles. The van der Waals surface area contributed by atoms with Crippen LogP contribution in [0.25, 0.3) is 0 Å². The summed E-state index contributed by atoms with van der Waals surface area (Å²) in [5.74, 6) is -3.16. The standard InChI is InChI=1S/C25H19F3N4O4/c1-31-13-17(14-5-2-7-16(11-14)32(35)36)20(22(33)15-6-4-10-29-12-15)24(31)18-8-3-9-19(25(26,27)28)21(18)30-23(24)34/h2-12,17,20H,13H2,1H3,(H,30,34)/t17-,20?,24-/m1/s1. The third-order valence-corrected chi connectivity index (χ3v) is 7.03. The highest BCUT2D eigenvalue weighted by Crippen LogP contribution is 2.57. The van der Waals surface area contributed by atoms with Gasteiger partial charge in [-0.3, -0.25) is 29.6 Å². The van der Waals surface area contributed by atoms with Gasteiger partial charge in [0.1, 0.15) is 5.54 Å². The summed E-state index contributed by atoms with van der Waals surface area (Å²) in [5.41, 5.74) is -2.70. The number of rotatable bonds is 4. The highest BCUT2D eigenvalue weighted by molar-refractivity contribution is 6.12. The Balaban J connectivity index is 1.76. The number of hydrogen-bond donors (Lipinski definition) is 1. The van der Waals surface area contributed by atoms with E-state index in [0.717, 1.165) is 6.07 Å². The average Bonchev–Trinajstić information content (AvgIpc) is 3.33. The SMILES string of the molecule is CN1C[C@H](c2cccc([N+](=O)[O-])c2)C(C(=O)c2cccnc2)[C@]12C(=O)Nc1c(C(F)(F)F)cccc12.